The molecule has 1 saturated carbocycles. The Hall–Kier alpha value is -2.06. The largest absolute Gasteiger partial charge is 0.343 e. The maximum Gasteiger partial charge on any atom is 0.272 e. The molecule has 2 heterocycles. The molecular weight excluding hydrogens is 318 g/mol. The Morgan fingerprint density at radius 3 is 2.65 bits per heavy atom. The van der Waals surface area contributed by atoms with Gasteiger partial charge in [0.1, 0.15) is 5.69 Å². The molecule has 2 aromatic heterocycles. The molecule has 124 valence electrons. The molecule has 1 fully saturated rings. The van der Waals surface area contributed by atoms with E-state index in [9.17, 15) is 4.79 Å². The van der Waals surface area contributed by atoms with Crippen LogP contribution >= 0.6 is 12.4 Å². The van der Waals surface area contributed by atoms with Crippen molar-refractivity contribution in [2.24, 2.45) is 5.73 Å². The van der Waals surface area contributed by atoms with Crippen LogP contribution in [0, 0.1) is 0 Å². The van der Waals surface area contributed by atoms with Crippen LogP contribution in [0.25, 0.3) is 5.95 Å². The smallest absolute Gasteiger partial charge is 0.272 e. The van der Waals surface area contributed by atoms with Crippen LogP contribution < -0.4 is 5.73 Å². The van der Waals surface area contributed by atoms with E-state index in [1.165, 1.54) is 4.90 Å². The molecule has 8 nitrogen and oxygen atoms in total. The minimum atomic E-state index is -0.295. The van der Waals surface area contributed by atoms with Crippen molar-refractivity contribution < 1.29 is 4.79 Å². The number of amides is 1. The SMILES string of the molecule is C[C@H](N)c1nc(C2CC2)nn1-c1nccc(C(=O)N(C)C)n1.Cl. The van der Waals surface area contributed by atoms with Gasteiger partial charge in [-0.3, -0.25) is 4.79 Å². The van der Waals surface area contributed by atoms with E-state index in [0.717, 1.165) is 18.7 Å². The topological polar surface area (TPSA) is 103 Å². The van der Waals surface area contributed by atoms with Gasteiger partial charge in [0.15, 0.2) is 11.6 Å². The summed E-state index contributed by atoms with van der Waals surface area (Å²) in [5, 5.41) is 4.48. The van der Waals surface area contributed by atoms with Crippen molar-refractivity contribution >= 4 is 18.3 Å². The number of carbonyl (C=O) groups is 1. The molecule has 9 heteroatoms. The quantitative estimate of drug-likeness (QED) is 0.895. The first-order valence-electron chi connectivity index (χ1n) is 7.25. The number of carbonyl (C=O) groups excluding carboxylic acids is 1. The van der Waals surface area contributed by atoms with Gasteiger partial charge in [0.2, 0.25) is 0 Å². The molecule has 0 unspecified atom stereocenters. The van der Waals surface area contributed by atoms with Gasteiger partial charge in [-0.05, 0) is 25.8 Å². The third kappa shape index (κ3) is 3.48. The summed E-state index contributed by atoms with van der Waals surface area (Å²) in [6, 6.07) is 1.28. The number of rotatable bonds is 4. The summed E-state index contributed by atoms with van der Waals surface area (Å²) >= 11 is 0. The van der Waals surface area contributed by atoms with Crippen LogP contribution in [0.5, 0.6) is 0 Å². The Balaban J connectivity index is 0.00000192. The Labute approximate surface area is 140 Å². The zero-order valence-electron chi connectivity index (χ0n) is 13.3. The van der Waals surface area contributed by atoms with Crippen LogP contribution in [-0.4, -0.2) is 49.6 Å². The van der Waals surface area contributed by atoms with Gasteiger partial charge in [-0.1, -0.05) is 0 Å². The predicted molar refractivity (Wildman–Crippen MR) is 86.8 cm³/mol. The number of nitrogens with zero attached hydrogens (tertiary/aromatic N) is 6. The highest BCUT2D eigenvalue weighted by molar-refractivity contribution is 5.91. The molecule has 0 radical (unpaired) electrons. The third-order valence-electron chi connectivity index (χ3n) is 3.46. The van der Waals surface area contributed by atoms with Gasteiger partial charge in [-0.15, -0.1) is 17.5 Å². The van der Waals surface area contributed by atoms with Crippen LogP contribution in [0.3, 0.4) is 0 Å². The van der Waals surface area contributed by atoms with Crippen molar-refractivity contribution in [3.8, 4) is 5.95 Å². The summed E-state index contributed by atoms with van der Waals surface area (Å²) in [7, 11) is 3.36. The van der Waals surface area contributed by atoms with Crippen molar-refractivity contribution in [2.45, 2.75) is 31.7 Å². The van der Waals surface area contributed by atoms with Crippen LogP contribution in [0.4, 0.5) is 0 Å². The van der Waals surface area contributed by atoms with Gasteiger partial charge in [-0.2, -0.15) is 4.68 Å². The van der Waals surface area contributed by atoms with Gasteiger partial charge in [0.05, 0.1) is 6.04 Å². The van der Waals surface area contributed by atoms with E-state index in [-0.39, 0.29) is 24.4 Å². The van der Waals surface area contributed by atoms with E-state index >= 15 is 0 Å². The molecule has 1 aliphatic rings. The summed E-state index contributed by atoms with van der Waals surface area (Å²) < 4.78 is 1.55. The van der Waals surface area contributed by atoms with Crippen molar-refractivity contribution in [1.82, 2.24) is 29.6 Å². The van der Waals surface area contributed by atoms with E-state index in [1.807, 2.05) is 6.92 Å². The Bertz CT molecular complexity index is 709. The second-order valence-corrected chi connectivity index (χ2v) is 5.74. The lowest BCUT2D eigenvalue weighted by Crippen LogP contribution is -2.24. The van der Waals surface area contributed by atoms with Crippen molar-refractivity contribution in [3.63, 3.8) is 0 Å². The van der Waals surface area contributed by atoms with E-state index in [2.05, 4.69) is 20.1 Å². The number of nitrogens with two attached hydrogens (primary N) is 1. The molecule has 3 rings (SSSR count). The lowest BCUT2D eigenvalue weighted by atomic mass is 10.3. The molecule has 1 amide bonds. The fourth-order valence-electron chi connectivity index (χ4n) is 2.10. The van der Waals surface area contributed by atoms with E-state index < -0.39 is 0 Å². The predicted octanol–water partition coefficient (Wildman–Crippen LogP) is 1.08. The third-order valence-corrected chi connectivity index (χ3v) is 3.46. The van der Waals surface area contributed by atoms with Gasteiger partial charge >= 0.3 is 0 Å². The summed E-state index contributed by atoms with van der Waals surface area (Å²) in [5.74, 6) is 1.93. The minimum absolute atomic E-state index is 0. The summed E-state index contributed by atoms with van der Waals surface area (Å²) in [5.41, 5.74) is 6.29. The molecule has 0 saturated heterocycles. The highest BCUT2D eigenvalue weighted by Gasteiger charge is 2.30. The van der Waals surface area contributed by atoms with Crippen LogP contribution in [0.2, 0.25) is 0 Å². The Morgan fingerprint density at radius 1 is 1.39 bits per heavy atom. The van der Waals surface area contributed by atoms with E-state index in [0.29, 0.717) is 23.4 Å². The molecule has 1 aliphatic carbocycles. The summed E-state index contributed by atoms with van der Waals surface area (Å²) in [4.78, 5) is 26.5. The Kier molecular flexibility index (Phi) is 4.96. The zero-order valence-corrected chi connectivity index (χ0v) is 14.1. The average molecular weight is 338 g/mol. The molecule has 0 bridgehead atoms. The van der Waals surface area contributed by atoms with Gasteiger partial charge in [-0.25, -0.2) is 15.0 Å². The minimum Gasteiger partial charge on any atom is -0.343 e. The molecule has 0 aromatic carbocycles. The summed E-state index contributed by atoms with van der Waals surface area (Å²) in [6.45, 7) is 1.84. The second-order valence-electron chi connectivity index (χ2n) is 5.74. The fourth-order valence-corrected chi connectivity index (χ4v) is 2.10. The molecule has 0 aliphatic heterocycles. The highest BCUT2D eigenvalue weighted by Crippen LogP contribution is 2.38. The van der Waals surface area contributed by atoms with Crippen molar-refractivity contribution in [3.05, 3.63) is 29.6 Å². The highest BCUT2D eigenvalue weighted by atomic mass is 35.5. The lowest BCUT2D eigenvalue weighted by molar-refractivity contribution is 0.0821. The first kappa shape index (κ1) is 17.3. The summed E-state index contributed by atoms with van der Waals surface area (Å²) in [6.07, 6.45) is 3.74. The zero-order chi connectivity index (χ0) is 15.9. The normalized spacial score (nSPS) is 15.0. The van der Waals surface area contributed by atoms with Gasteiger partial charge < -0.3 is 10.6 Å². The average Bonchev–Trinajstić information content (AvgIpc) is 3.24. The maximum absolute atomic E-state index is 12.0. The fraction of sp³-hybridized carbons (Fsp3) is 0.500. The molecule has 0 spiro atoms. The van der Waals surface area contributed by atoms with Crippen molar-refractivity contribution in [2.75, 3.05) is 14.1 Å². The molecule has 2 aromatic rings. The Morgan fingerprint density at radius 2 is 2.09 bits per heavy atom. The van der Waals surface area contributed by atoms with Crippen LogP contribution in [0.1, 0.15) is 53.9 Å². The first-order chi connectivity index (χ1) is 10.5. The molecule has 23 heavy (non-hydrogen) atoms. The standard InChI is InChI=1S/C14H19N7O.ClH/c1-8(15)12-18-11(9-4-5-9)19-21(12)14-16-7-6-10(17-14)13(22)20(2)3;/h6-9H,4-5,15H2,1-3H3;1H/t8-;/m0./s1. The lowest BCUT2D eigenvalue weighted by Gasteiger charge is -2.11. The monoisotopic (exact) mass is 337 g/mol. The maximum atomic E-state index is 12.0. The molecule has 2 N–H and O–H groups in total. The van der Waals surface area contributed by atoms with Crippen LogP contribution in [0.15, 0.2) is 12.3 Å². The van der Waals surface area contributed by atoms with Crippen molar-refractivity contribution in [1.29, 1.82) is 0 Å². The van der Waals surface area contributed by atoms with E-state index in [1.54, 1.807) is 31.0 Å². The first-order valence-corrected chi connectivity index (χ1v) is 7.25. The number of aromatic nitrogens is 5. The van der Waals surface area contributed by atoms with Gasteiger partial charge in [0, 0.05) is 26.2 Å². The second kappa shape index (κ2) is 6.59. The number of hydrogen-bond acceptors (Lipinski definition) is 6. The number of hydrogen-bond donors (Lipinski definition) is 1. The van der Waals surface area contributed by atoms with Crippen LogP contribution in [-0.2, 0) is 0 Å². The van der Waals surface area contributed by atoms with E-state index in [4.69, 9.17) is 5.73 Å². The molecular formula is C14H20ClN7O. The molecule has 1 atom stereocenters. The number of halogens is 1. The van der Waals surface area contributed by atoms with Gasteiger partial charge in [0.25, 0.3) is 11.9 Å².